The van der Waals surface area contributed by atoms with Crippen LogP contribution in [0.4, 0.5) is 26.3 Å². The van der Waals surface area contributed by atoms with Crippen molar-refractivity contribution in [3.63, 3.8) is 0 Å². The van der Waals surface area contributed by atoms with Gasteiger partial charge in [0.2, 0.25) is 0 Å². The zero-order valence-electron chi connectivity index (χ0n) is 18.4. The van der Waals surface area contributed by atoms with E-state index < -0.39 is 24.2 Å². The summed E-state index contributed by atoms with van der Waals surface area (Å²) in [6.45, 7) is 4.56. The number of hydrogen-bond donors (Lipinski definition) is 0. The summed E-state index contributed by atoms with van der Waals surface area (Å²) >= 11 is 0. The molecule has 0 bridgehead atoms. The summed E-state index contributed by atoms with van der Waals surface area (Å²) < 4.78 is 85.3. The van der Waals surface area contributed by atoms with Gasteiger partial charge in [-0.15, -0.1) is 0 Å². The number of aromatic nitrogens is 2. The molecule has 1 unspecified atom stereocenters. The summed E-state index contributed by atoms with van der Waals surface area (Å²) in [4.78, 5) is 0. The summed E-state index contributed by atoms with van der Waals surface area (Å²) in [5.74, 6) is 0. The fourth-order valence-corrected chi connectivity index (χ4v) is 5.18. The first-order chi connectivity index (χ1) is 15.3. The van der Waals surface area contributed by atoms with Crippen LogP contribution in [0.15, 0.2) is 48.8 Å². The summed E-state index contributed by atoms with van der Waals surface area (Å²) in [7, 11) is 0. The van der Waals surface area contributed by atoms with Crippen molar-refractivity contribution in [2.75, 3.05) is 0 Å². The van der Waals surface area contributed by atoms with E-state index >= 15 is 0 Å². The molecule has 4 aromatic rings. The minimum absolute atomic E-state index is 0.00110. The van der Waals surface area contributed by atoms with E-state index in [2.05, 4.69) is 18.4 Å². The smallest absolute Gasteiger partial charge is 0.224 e. The lowest BCUT2D eigenvalue weighted by atomic mass is 9.81. The molecule has 1 aliphatic rings. The first kappa shape index (κ1) is 22.0. The largest absolute Gasteiger partial charge is 0.403 e. The van der Waals surface area contributed by atoms with Crippen LogP contribution >= 0.6 is 0 Å². The third kappa shape index (κ3) is 2.91. The van der Waals surface area contributed by atoms with E-state index in [1.807, 2.05) is 35.0 Å². The number of alkyl halides is 6. The number of nitrogens with zero attached hydrogens (tertiary/aromatic N) is 2. The van der Waals surface area contributed by atoms with Crippen LogP contribution in [0.2, 0.25) is 0 Å². The van der Waals surface area contributed by atoms with Crippen molar-refractivity contribution < 1.29 is 30.9 Å². The minimum Gasteiger partial charge on any atom is -0.224 e. The topological polar surface area (TPSA) is 8.29 Å². The molecule has 1 atom stereocenters. The molecular weight excluding hydrogens is 442 g/mol. The SMILES string of the molecule is CCC1(C)Cc2cccc3c4cc(CC(C)(C(F)(F)F)C(F)(F)F)ccc4n4cc[n+]1c4c23. The molecule has 0 saturated heterocycles. The molecular formula is C25H23F6N2+. The summed E-state index contributed by atoms with van der Waals surface area (Å²) in [5, 5.41) is 2.47. The van der Waals surface area contributed by atoms with Gasteiger partial charge in [0.25, 0.3) is 5.65 Å². The highest BCUT2D eigenvalue weighted by atomic mass is 19.4. The van der Waals surface area contributed by atoms with E-state index in [4.69, 9.17) is 0 Å². The number of fused-ring (bicyclic) bond motifs is 3. The highest BCUT2D eigenvalue weighted by molar-refractivity contribution is 6.12. The molecule has 0 saturated carbocycles. The second-order valence-corrected chi connectivity index (χ2v) is 9.58. The van der Waals surface area contributed by atoms with Gasteiger partial charge >= 0.3 is 12.4 Å². The Morgan fingerprint density at radius 3 is 2.33 bits per heavy atom. The van der Waals surface area contributed by atoms with Crippen molar-refractivity contribution in [2.45, 2.75) is 57.9 Å². The Morgan fingerprint density at radius 2 is 1.70 bits per heavy atom. The van der Waals surface area contributed by atoms with E-state index in [1.54, 1.807) is 6.07 Å². The van der Waals surface area contributed by atoms with Gasteiger partial charge in [0.05, 0.1) is 5.39 Å². The van der Waals surface area contributed by atoms with Crippen molar-refractivity contribution in [1.82, 2.24) is 4.40 Å². The molecule has 0 radical (unpaired) electrons. The van der Waals surface area contributed by atoms with Crippen LogP contribution < -0.4 is 4.57 Å². The molecule has 3 heterocycles. The standard InChI is InChI=1S/C25H23F6N2/c1-4-22(2)14-16-6-5-7-17-18-12-15(13-23(3,24(26,27)28)25(29,30)31)8-9-19(18)32-10-11-33(22)21(32)20(16)17/h5-12H,4,13-14H2,1-3H3/q+1. The number of benzene rings is 2. The van der Waals surface area contributed by atoms with Gasteiger partial charge in [-0.05, 0) is 49.9 Å². The summed E-state index contributed by atoms with van der Waals surface area (Å²) in [6.07, 6.45) is -6.38. The molecule has 5 rings (SSSR count). The first-order valence-electron chi connectivity index (χ1n) is 10.8. The lowest BCUT2D eigenvalue weighted by molar-refractivity contribution is -0.739. The highest BCUT2D eigenvalue weighted by Gasteiger charge is 2.67. The summed E-state index contributed by atoms with van der Waals surface area (Å²) in [5.41, 5.74) is -1.08. The maximum atomic E-state index is 13.5. The maximum Gasteiger partial charge on any atom is 0.403 e. The van der Waals surface area contributed by atoms with E-state index in [0.717, 1.165) is 40.3 Å². The Hall–Kier alpha value is -2.77. The van der Waals surface area contributed by atoms with E-state index in [-0.39, 0.29) is 18.0 Å². The Morgan fingerprint density at radius 1 is 1.00 bits per heavy atom. The van der Waals surface area contributed by atoms with Gasteiger partial charge in [-0.2, -0.15) is 30.7 Å². The van der Waals surface area contributed by atoms with Gasteiger partial charge in [0, 0.05) is 17.2 Å². The number of halogens is 6. The number of imidazole rings is 1. The fraction of sp³-hybridized carbons (Fsp3) is 0.400. The van der Waals surface area contributed by atoms with Crippen molar-refractivity contribution in [2.24, 2.45) is 5.41 Å². The average molecular weight is 465 g/mol. The molecule has 0 amide bonds. The van der Waals surface area contributed by atoms with Crippen LogP contribution in [0, 0.1) is 5.41 Å². The number of rotatable bonds is 3. The molecule has 2 nitrogen and oxygen atoms in total. The fourth-order valence-electron chi connectivity index (χ4n) is 5.18. The van der Waals surface area contributed by atoms with Gasteiger partial charge in [0.1, 0.15) is 23.4 Å². The molecule has 33 heavy (non-hydrogen) atoms. The Balaban J connectivity index is 1.79. The third-order valence-corrected chi connectivity index (χ3v) is 7.53. The lowest BCUT2D eigenvalue weighted by Gasteiger charge is -2.34. The van der Waals surface area contributed by atoms with Gasteiger partial charge in [-0.3, -0.25) is 0 Å². The normalized spacial score (nSPS) is 19.3. The van der Waals surface area contributed by atoms with Crippen molar-refractivity contribution in [1.29, 1.82) is 0 Å². The quantitative estimate of drug-likeness (QED) is 0.177. The molecule has 8 heteroatoms. The van der Waals surface area contributed by atoms with Crippen LogP contribution in [0.3, 0.4) is 0 Å². The van der Waals surface area contributed by atoms with E-state index in [0.29, 0.717) is 5.39 Å². The van der Waals surface area contributed by atoms with Crippen LogP contribution in [0.5, 0.6) is 0 Å². The minimum atomic E-state index is -5.42. The van der Waals surface area contributed by atoms with Crippen molar-refractivity contribution >= 4 is 27.3 Å². The summed E-state index contributed by atoms with van der Waals surface area (Å²) in [6, 6.07) is 10.3. The van der Waals surface area contributed by atoms with Gasteiger partial charge < -0.3 is 0 Å². The molecule has 0 N–H and O–H groups in total. The molecule has 2 aromatic carbocycles. The average Bonchev–Trinajstić information content (AvgIpc) is 3.18. The van der Waals surface area contributed by atoms with Crippen molar-refractivity contribution in [3.05, 3.63) is 59.9 Å². The van der Waals surface area contributed by atoms with E-state index in [9.17, 15) is 26.3 Å². The Kier molecular flexibility index (Phi) is 4.44. The molecule has 1 aliphatic heterocycles. The number of hydrogen-bond acceptors (Lipinski definition) is 0. The van der Waals surface area contributed by atoms with Gasteiger partial charge in [-0.1, -0.05) is 31.2 Å². The molecule has 174 valence electrons. The zero-order chi connectivity index (χ0) is 24.0. The molecule has 2 aromatic heterocycles. The third-order valence-electron chi connectivity index (χ3n) is 7.53. The second-order valence-electron chi connectivity index (χ2n) is 9.58. The van der Waals surface area contributed by atoms with Crippen LogP contribution in [-0.2, 0) is 18.4 Å². The molecule has 0 aliphatic carbocycles. The first-order valence-corrected chi connectivity index (χ1v) is 10.8. The number of pyridine rings is 1. The van der Waals surface area contributed by atoms with Crippen LogP contribution in [0.1, 0.15) is 38.3 Å². The lowest BCUT2D eigenvalue weighted by Crippen LogP contribution is -2.56. The Labute approximate surface area is 186 Å². The second kappa shape index (κ2) is 6.64. The maximum absolute atomic E-state index is 13.5. The van der Waals surface area contributed by atoms with Crippen LogP contribution in [-0.4, -0.2) is 16.8 Å². The van der Waals surface area contributed by atoms with Crippen LogP contribution in [0.25, 0.3) is 27.3 Å². The molecule has 0 spiro atoms. The molecule has 0 fully saturated rings. The van der Waals surface area contributed by atoms with Crippen molar-refractivity contribution in [3.8, 4) is 0 Å². The van der Waals surface area contributed by atoms with Gasteiger partial charge in [-0.25, -0.2) is 4.57 Å². The van der Waals surface area contributed by atoms with Gasteiger partial charge in [0.15, 0.2) is 5.41 Å². The zero-order valence-corrected chi connectivity index (χ0v) is 18.4. The predicted octanol–water partition coefficient (Wildman–Crippen LogP) is 6.89. The predicted molar refractivity (Wildman–Crippen MR) is 114 cm³/mol. The Bertz CT molecular complexity index is 1400. The van der Waals surface area contributed by atoms with E-state index in [1.165, 1.54) is 12.1 Å². The highest BCUT2D eigenvalue weighted by Crippen LogP contribution is 2.52. The monoisotopic (exact) mass is 465 g/mol.